The average molecular weight is 312 g/mol. The minimum atomic E-state index is -0.894. The summed E-state index contributed by atoms with van der Waals surface area (Å²) in [7, 11) is 0. The Morgan fingerprint density at radius 1 is 1.09 bits per heavy atom. The molecular weight excluding hydrogens is 284 g/mol. The maximum atomic E-state index is 12.5. The number of rotatable bonds is 6. The molecule has 6 nitrogen and oxygen atoms in total. The van der Waals surface area contributed by atoms with Gasteiger partial charge in [-0.05, 0) is 39.8 Å². The first kappa shape index (κ1) is 17.4. The lowest BCUT2D eigenvalue weighted by Gasteiger charge is -2.35. The number of ketones is 1. The quantitative estimate of drug-likeness (QED) is 0.784. The van der Waals surface area contributed by atoms with Crippen molar-refractivity contribution in [3.63, 3.8) is 0 Å². The number of nitrogens with zero attached hydrogens (tertiary/aromatic N) is 2. The molecule has 2 rings (SSSR count). The van der Waals surface area contributed by atoms with Gasteiger partial charge in [-0.15, -0.1) is 0 Å². The number of carbonyl (C=O) groups is 2. The number of morpholine rings is 1. The van der Waals surface area contributed by atoms with Crippen molar-refractivity contribution < 1.29 is 19.4 Å². The summed E-state index contributed by atoms with van der Waals surface area (Å²) in [5.74, 6) is -0.755. The summed E-state index contributed by atoms with van der Waals surface area (Å²) in [4.78, 5) is 28.3. The van der Waals surface area contributed by atoms with Crippen LogP contribution in [0.1, 0.15) is 33.1 Å². The number of likely N-dealkylation sites (tertiary alicyclic amines) is 1. The molecule has 2 fully saturated rings. The summed E-state index contributed by atoms with van der Waals surface area (Å²) in [6.07, 6.45) is 1.83. The van der Waals surface area contributed by atoms with Crippen LogP contribution < -0.4 is 0 Å². The average Bonchev–Trinajstić information content (AvgIpc) is 2.53. The number of hydrogen-bond donors (Lipinski definition) is 1. The molecule has 1 unspecified atom stereocenters. The van der Waals surface area contributed by atoms with Crippen LogP contribution in [0.2, 0.25) is 0 Å². The maximum Gasteiger partial charge on any atom is 0.321 e. The van der Waals surface area contributed by atoms with Crippen LogP contribution in [0.3, 0.4) is 0 Å². The first-order valence-corrected chi connectivity index (χ1v) is 8.30. The molecule has 1 N–H and O–H groups in total. The molecule has 0 amide bonds. The molecule has 6 heteroatoms. The second-order valence-electron chi connectivity index (χ2n) is 6.58. The van der Waals surface area contributed by atoms with Crippen molar-refractivity contribution in [2.45, 2.75) is 45.2 Å². The van der Waals surface area contributed by atoms with Gasteiger partial charge in [0.1, 0.15) is 11.8 Å². The zero-order valence-corrected chi connectivity index (χ0v) is 13.7. The van der Waals surface area contributed by atoms with E-state index in [0.29, 0.717) is 32.3 Å². The van der Waals surface area contributed by atoms with Gasteiger partial charge in [-0.3, -0.25) is 14.5 Å². The van der Waals surface area contributed by atoms with E-state index in [2.05, 4.69) is 18.7 Å². The summed E-state index contributed by atoms with van der Waals surface area (Å²) in [6, 6.07) is -0.185. The van der Waals surface area contributed by atoms with E-state index in [0.717, 1.165) is 25.9 Å². The van der Waals surface area contributed by atoms with Crippen molar-refractivity contribution in [3.8, 4) is 0 Å². The van der Waals surface area contributed by atoms with Crippen LogP contribution in [0.4, 0.5) is 0 Å². The Labute approximate surface area is 132 Å². The number of Topliss-reactive ketones (excluding diaryl/α,β-unsaturated/α-hetero) is 1. The van der Waals surface area contributed by atoms with Crippen molar-refractivity contribution in [2.75, 3.05) is 39.4 Å². The zero-order valence-electron chi connectivity index (χ0n) is 13.7. The third-order valence-electron chi connectivity index (χ3n) is 4.88. The van der Waals surface area contributed by atoms with Gasteiger partial charge in [0.25, 0.3) is 0 Å². The Bertz CT molecular complexity index is 386. The molecule has 2 aliphatic rings. The Morgan fingerprint density at radius 3 is 2.18 bits per heavy atom. The summed E-state index contributed by atoms with van der Waals surface area (Å²) >= 11 is 0. The van der Waals surface area contributed by atoms with Crippen molar-refractivity contribution in [2.24, 2.45) is 5.92 Å². The molecule has 2 heterocycles. The summed E-state index contributed by atoms with van der Waals surface area (Å²) in [6.45, 7) is 8.48. The molecule has 0 radical (unpaired) electrons. The molecule has 0 spiro atoms. The number of carboxylic acid groups (broad SMARTS) is 1. The van der Waals surface area contributed by atoms with Gasteiger partial charge in [0.05, 0.1) is 13.2 Å². The van der Waals surface area contributed by atoms with Gasteiger partial charge in [0, 0.05) is 31.5 Å². The molecule has 0 aliphatic carbocycles. The van der Waals surface area contributed by atoms with Crippen molar-refractivity contribution in [3.05, 3.63) is 0 Å². The minimum Gasteiger partial charge on any atom is -0.480 e. The normalized spacial score (nSPS) is 23.6. The number of ether oxygens (including phenoxy) is 1. The number of aliphatic carboxylic acids is 1. The molecule has 0 aromatic heterocycles. The first-order chi connectivity index (χ1) is 10.5. The zero-order chi connectivity index (χ0) is 16.1. The maximum absolute atomic E-state index is 12.5. The SMILES string of the molecule is CC(C)N1CCC(C(=O)CC(C(=O)O)N2CCOCC2)CC1. The minimum absolute atomic E-state index is 0.0258. The van der Waals surface area contributed by atoms with Crippen LogP contribution in [0, 0.1) is 5.92 Å². The smallest absolute Gasteiger partial charge is 0.321 e. The third-order valence-corrected chi connectivity index (χ3v) is 4.88. The van der Waals surface area contributed by atoms with E-state index in [9.17, 15) is 14.7 Å². The van der Waals surface area contributed by atoms with Crippen molar-refractivity contribution >= 4 is 11.8 Å². The predicted octanol–water partition coefficient (Wildman–Crippen LogP) is 0.851. The van der Waals surface area contributed by atoms with Crippen LogP contribution >= 0.6 is 0 Å². The molecule has 2 aliphatic heterocycles. The fourth-order valence-corrected chi connectivity index (χ4v) is 3.36. The van der Waals surface area contributed by atoms with Crippen molar-refractivity contribution in [1.29, 1.82) is 0 Å². The summed E-state index contributed by atoms with van der Waals surface area (Å²) in [5, 5.41) is 9.44. The van der Waals surface area contributed by atoms with E-state index >= 15 is 0 Å². The fraction of sp³-hybridized carbons (Fsp3) is 0.875. The highest BCUT2D eigenvalue weighted by Crippen LogP contribution is 2.22. The molecule has 126 valence electrons. The van der Waals surface area contributed by atoms with E-state index < -0.39 is 12.0 Å². The monoisotopic (exact) mass is 312 g/mol. The molecule has 1 atom stereocenters. The molecule has 0 saturated carbocycles. The van der Waals surface area contributed by atoms with Crippen LogP contribution in [0.25, 0.3) is 0 Å². The van der Waals surface area contributed by atoms with Gasteiger partial charge >= 0.3 is 5.97 Å². The second kappa shape index (κ2) is 8.04. The lowest BCUT2D eigenvalue weighted by Crippen LogP contribution is -2.49. The Balaban J connectivity index is 1.87. The van der Waals surface area contributed by atoms with E-state index in [1.165, 1.54) is 0 Å². The molecule has 0 bridgehead atoms. The summed E-state index contributed by atoms with van der Waals surface area (Å²) in [5.41, 5.74) is 0. The lowest BCUT2D eigenvalue weighted by atomic mass is 9.88. The third kappa shape index (κ3) is 4.51. The first-order valence-electron chi connectivity index (χ1n) is 8.30. The van der Waals surface area contributed by atoms with Crippen LogP contribution in [0.15, 0.2) is 0 Å². The number of carboxylic acids is 1. The predicted molar refractivity (Wildman–Crippen MR) is 82.9 cm³/mol. The second-order valence-corrected chi connectivity index (χ2v) is 6.58. The van der Waals surface area contributed by atoms with Gasteiger partial charge in [-0.25, -0.2) is 0 Å². The summed E-state index contributed by atoms with van der Waals surface area (Å²) < 4.78 is 5.26. The van der Waals surface area contributed by atoms with Crippen LogP contribution in [-0.4, -0.2) is 78.1 Å². The number of hydrogen-bond acceptors (Lipinski definition) is 5. The topological polar surface area (TPSA) is 70.1 Å². The van der Waals surface area contributed by atoms with Gasteiger partial charge in [-0.1, -0.05) is 0 Å². The highest BCUT2D eigenvalue weighted by molar-refractivity contribution is 5.87. The molecule has 22 heavy (non-hydrogen) atoms. The Hall–Kier alpha value is -0.980. The van der Waals surface area contributed by atoms with E-state index in [4.69, 9.17) is 4.74 Å². The molecular formula is C16H28N2O4. The van der Waals surface area contributed by atoms with Gasteiger partial charge in [0.15, 0.2) is 0 Å². The molecule has 0 aromatic carbocycles. The lowest BCUT2D eigenvalue weighted by molar-refractivity contribution is -0.148. The van der Waals surface area contributed by atoms with E-state index in [1.54, 1.807) is 0 Å². The number of carbonyl (C=O) groups excluding carboxylic acids is 1. The van der Waals surface area contributed by atoms with Gasteiger partial charge in [-0.2, -0.15) is 0 Å². The fourth-order valence-electron chi connectivity index (χ4n) is 3.36. The Kier molecular flexibility index (Phi) is 6.35. The van der Waals surface area contributed by atoms with Crippen molar-refractivity contribution in [1.82, 2.24) is 9.80 Å². The van der Waals surface area contributed by atoms with Gasteiger partial charge in [0.2, 0.25) is 0 Å². The van der Waals surface area contributed by atoms with Crippen LogP contribution in [0.5, 0.6) is 0 Å². The highest BCUT2D eigenvalue weighted by atomic mass is 16.5. The van der Waals surface area contributed by atoms with Gasteiger partial charge < -0.3 is 14.7 Å². The standard InChI is InChI=1S/C16H28N2O4/c1-12(2)17-5-3-13(4-6-17)15(19)11-14(16(20)21)18-7-9-22-10-8-18/h12-14H,3-11H2,1-2H3,(H,20,21). The highest BCUT2D eigenvalue weighted by Gasteiger charge is 2.33. The van der Waals surface area contributed by atoms with E-state index in [-0.39, 0.29) is 18.1 Å². The molecule has 2 saturated heterocycles. The van der Waals surface area contributed by atoms with E-state index in [1.807, 2.05) is 4.90 Å². The Morgan fingerprint density at radius 2 is 1.68 bits per heavy atom. The molecule has 0 aromatic rings. The number of piperidine rings is 1. The van der Waals surface area contributed by atoms with Crippen LogP contribution in [-0.2, 0) is 14.3 Å². The largest absolute Gasteiger partial charge is 0.480 e.